The van der Waals surface area contributed by atoms with E-state index in [1.165, 1.54) is 0 Å². The van der Waals surface area contributed by atoms with Gasteiger partial charge in [-0.2, -0.15) is 0 Å². The molecule has 4 nitrogen and oxygen atoms in total. The van der Waals surface area contributed by atoms with Gasteiger partial charge >= 0.3 is 5.97 Å². The minimum absolute atomic E-state index is 0.384. The number of nitrogens with zero attached hydrogens (tertiary/aromatic N) is 2. The zero-order valence-corrected chi connectivity index (χ0v) is 12.2. The summed E-state index contributed by atoms with van der Waals surface area (Å²) in [6.45, 7) is 6.34. The Hall–Kier alpha value is -1.58. The summed E-state index contributed by atoms with van der Waals surface area (Å²) >= 11 is 0. The van der Waals surface area contributed by atoms with Crippen LogP contribution in [0.2, 0.25) is 0 Å². The Morgan fingerprint density at radius 3 is 2.90 bits per heavy atom. The van der Waals surface area contributed by atoms with E-state index in [-0.39, 0.29) is 0 Å². The maximum absolute atomic E-state index is 11.5. The van der Waals surface area contributed by atoms with Crippen molar-refractivity contribution in [2.75, 3.05) is 18.0 Å². The van der Waals surface area contributed by atoms with Gasteiger partial charge in [0, 0.05) is 18.8 Å². The second-order valence-electron chi connectivity index (χ2n) is 6.36. The molecule has 0 aromatic carbocycles. The number of aryl methyl sites for hydroxylation is 2. The minimum atomic E-state index is -0.852. The van der Waals surface area contributed by atoms with E-state index in [1.807, 2.05) is 6.07 Å². The van der Waals surface area contributed by atoms with Crippen molar-refractivity contribution in [3.05, 3.63) is 22.9 Å². The fourth-order valence-corrected chi connectivity index (χ4v) is 3.38. The molecule has 0 spiro atoms. The normalized spacial score (nSPS) is 21.6. The summed E-state index contributed by atoms with van der Waals surface area (Å²) in [5.41, 5.74) is 2.62. The van der Waals surface area contributed by atoms with Crippen molar-refractivity contribution in [2.24, 2.45) is 11.8 Å². The Labute approximate surface area is 119 Å². The average Bonchev–Trinajstić information content (AvgIpc) is 3.05. The number of carboxylic acids is 1. The van der Waals surface area contributed by atoms with Crippen LogP contribution in [0.3, 0.4) is 0 Å². The maximum Gasteiger partial charge on any atom is 0.339 e. The lowest BCUT2D eigenvalue weighted by Crippen LogP contribution is -2.25. The second-order valence-corrected chi connectivity index (χ2v) is 6.36. The number of hydrogen-bond donors (Lipinski definition) is 1. The molecule has 0 bridgehead atoms. The van der Waals surface area contributed by atoms with E-state index in [1.54, 1.807) is 0 Å². The molecule has 2 aliphatic rings. The Kier molecular flexibility index (Phi) is 3.40. The van der Waals surface area contributed by atoms with Crippen LogP contribution in [0.4, 0.5) is 5.82 Å². The molecule has 1 aromatic rings. The highest BCUT2D eigenvalue weighted by Gasteiger charge is 2.30. The predicted octanol–water partition coefficient (Wildman–Crippen LogP) is 2.75. The topological polar surface area (TPSA) is 53.4 Å². The van der Waals surface area contributed by atoms with Crippen molar-refractivity contribution >= 4 is 11.8 Å². The van der Waals surface area contributed by atoms with Crippen molar-refractivity contribution in [2.45, 2.75) is 39.5 Å². The largest absolute Gasteiger partial charge is 0.478 e. The summed E-state index contributed by atoms with van der Waals surface area (Å²) in [6, 6.07) is 1.86. The number of hydrogen-bond acceptors (Lipinski definition) is 3. The summed E-state index contributed by atoms with van der Waals surface area (Å²) in [4.78, 5) is 18.4. The monoisotopic (exact) mass is 274 g/mol. The van der Waals surface area contributed by atoms with Gasteiger partial charge in [-0.15, -0.1) is 0 Å². The molecule has 1 aliphatic carbocycles. The predicted molar refractivity (Wildman–Crippen MR) is 78.4 cm³/mol. The quantitative estimate of drug-likeness (QED) is 0.921. The van der Waals surface area contributed by atoms with Crippen molar-refractivity contribution < 1.29 is 9.90 Å². The molecule has 1 aromatic heterocycles. The summed E-state index contributed by atoms with van der Waals surface area (Å²) in [6.07, 6.45) is 4.19. The lowest BCUT2D eigenvalue weighted by atomic mass is 9.95. The molecule has 0 saturated carbocycles. The number of carbonyl (C=O) groups is 1. The van der Waals surface area contributed by atoms with Gasteiger partial charge in [0.1, 0.15) is 11.4 Å². The van der Waals surface area contributed by atoms with Crippen LogP contribution in [0.5, 0.6) is 0 Å². The molecule has 4 heteroatoms. The zero-order chi connectivity index (χ0) is 14.3. The summed E-state index contributed by atoms with van der Waals surface area (Å²) in [5.74, 6) is 1.13. The van der Waals surface area contributed by atoms with Gasteiger partial charge in [0.15, 0.2) is 0 Å². The standard InChI is InChI=1S/C16H22N2O2/c1-10(2)12-6-7-18(9-12)15-13(16(19)20)8-11-4-3-5-14(11)17-15/h8,10,12H,3-7,9H2,1-2H3,(H,19,20). The van der Waals surface area contributed by atoms with Crippen LogP contribution in [0, 0.1) is 11.8 Å². The molecule has 3 rings (SSSR count). The molecule has 1 N–H and O–H groups in total. The van der Waals surface area contributed by atoms with E-state index in [0.29, 0.717) is 23.2 Å². The maximum atomic E-state index is 11.5. The van der Waals surface area contributed by atoms with Crippen LogP contribution >= 0.6 is 0 Å². The van der Waals surface area contributed by atoms with Crippen molar-refractivity contribution in [1.29, 1.82) is 0 Å². The van der Waals surface area contributed by atoms with Gasteiger partial charge < -0.3 is 10.0 Å². The fraction of sp³-hybridized carbons (Fsp3) is 0.625. The fourth-order valence-electron chi connectivity index (χ4n) is 3.38. The first-order valence-electron chi connectivity index (χ1n) is 7.57. The molecule has 2 heterocycles. The van der Waals surface area contributed by atoms with E-state index in [2.05, 4.69) is 18.7 Å². The molecule has 0 radical (unpaired) electrons. The Balaban J connectivity index is 1.94. The first kappa shape index (κ1) is 13.4. The van der Waals surface area contributed by atoms with Crippen LogP contribution in [0.15, 0.2) is 6.07 Å². The lowest BCUT2D eigenvalue weighted by molar-refractivity contribution is 0.0697. The highest BCUT2D eigenvalue weighted by Crippen LogP contribution is 2.32. The summed E-state index contributed by atoms with van der Waals surface area (Å²) in [5, 5.41) is 9.47. The molecule has 1 aliphatic heterocycles. The lowest BCUT2D eigenvalue weighted by Gasteiger charge is -2.21. The smallest absolute Gasteiger partial charge is 0.339 e. The first-order valence-corrected chi connectivity index (χ1v) is 7.57. The number of carboxylic acid groups (broad SMARTS) is 1. The minimum Gasteiger partial charge on any atom is -0.478 e. The van der Waals surface area contributed by atoms with Crippen LogP contribution in [0.1, 0.15) is 48.3 Å². The van der Waals surface area contributed by atoms with Gasteiger partial charge in [-0.25, -0.2) is 9.78 Å². The first-order chi connectivity index (χ1) is 9.56. The molecule has 20 heavy (non-hydrogen) atoms. The zero-order valence-electron chi connectivity index (χ0n) is 12.2. The van der Waals surface area contributed by atoms with Crippen LogP contribution in [0.25, 0.3) is 0 Å². The van der Waals surface area contributed by atoms with E-state index in [9.17, 15) is 9.90 Å². The van der Waals surface area contributed by atoms with Gasteiger partial charge in [-0.05, 0) is 49.1 Å². The average molecular weight is 274 g/mol. The van der Waals surface area contributed by atoms with Gasteiger partial charge in [-0.1, -0.05) is 13.8 Å². The van der Waals surface area contributed by atoms with Crippen molar-refractivity contribution in [3.63, 3.8) is 0 Å². The number of fused-ring (bicyclic) bond motifs is 1. The molecule has 1 atom stereocenters. The van der Waals surface area contributed by atoms with Gasteiger partial charge in [0.25, 0.3) is 0 Å². The molecule has 1 saturated heterocycles. The molecule has 1 unspecified atom stereocenters. The molecular weight excluding hydrogens is 252 g/mol. The van der Waals surface area contributed by atoms with Crippen molar-refractivity contribution in [3.8, 4) is 0 Å². The Morgan fingerprint density at radius 2 is 2.25 bits per heavy atom. The van der Waals surface area contributed by atoms with E-state index >= 15 is 0 Å². The highest BCUT2D eigenvalue weighted by molar-refractivity contribution is 5.93. The molecule has 0 amide bonds. The Morgan fingerprint density at radius 1 is 1.45 bits per heavy atom. The highest BCUT2D eigenvalue weighted by atomic mass is 16.4. The van der Waals surface area contributed by atoms with Gasteiger partial charge in [-0.3, -0.25) is 0 Å². The SMILES string of the molecule is CC(C)C1CCN(c2nc3c(cc2C(=O)O)CCC3)C1. The van der Waals surface area contributed by atoms with Crippen LogP contribution in [-0.4, -0.2) is 29.1 Å². The third-order valence-corrected chi connectivity index (χ3v) is 4.73. The van der Waals surface area contributed by atoms with Crippen LogP contribution in [-0.2, 0) is 12.8 Å². The summed E-state index contributed by atoms with van der Waals surface area (Å²) in [7, 11) is 0. The number of pyridine rings is 1. The summed E-state index contributed by atoms with van der Waals surface area (Å²) < 4.78 is 0. The van der Waals surface area contributed by atoms with Gasteiger partial charge in [0.2, 0.25) is 0 Å². The number of rotatable bonds is 3. The Bertz CT molecular complexity index is 540. The third kappa shape index (κ3) is 2.28. The number of anilines is 1. The second kappa shape index (κ2) is 5.08. The molecular formula is C16H22N2O2. The van der Waals surface area contributed by atoms with Gasteiger partial charge in [0.05, 0.1) is 0 Å². The third-order valence-electron chi connectivity index (χ3n) is 4.73. The van der Waals surface area contributed by atoms with Crippen LogP contribution < -0.4 is 4.90 Å². The van der Waals surface area contributed by atoms with E-state index in [4.69, 9.17) is 4.98 Å². The number of aromatic nitrogens is 1. The van der Waals surface area contributed by atoms with E-state index in [0.717, 1.165) is 50.0 Å². The molecule has 1 fully saturated rings. The number of aromatic carboxylic acids is 1. The molecule has 108 valence electrons. The van der Waals surface area contributed by atoms with E-state index < -0.39 is 5.97 Å². The van der Waals surface area contributed by atoms with Crippen molar-refractivity contribution in [1.82, 2.24) is 4.98 Å².